The minimum atomic E-state index is 0.426. The number of nitrogens with zero attached hydrogens (tertiary/aromatic N) is 1. The lowest BCUT2D eigenvalue weighted by Crippen LogP contribution is -2.11. The van der Waals surface area contributed by atoms with Crippen LogP contribution in [0, 0.1) is 12.8 Å². The fourth-order valence-corrected chi connectivity index (χ4v) is 2.66. The van der Waals surface area contributed by atoms with Crippen LogP contribution in [-0.4, -0.2) is 12.0 Å². The number of rotatable bonds is 5. The second-order valence-electron chi connectivity index (χ2n) is 4.50. The van der Waals surface area contributed by atoms with E-state index in [2.05, 4.69) is 38.0 Å². The smallest absolute Gasteiger partial charge is 0.0931 e. The average Bonchev–Trinajstić information content (AvgIpc) is 2.55. The maximum atomic E-state index is 4.63. The van der Waals surface area contributed by atoms with Crippen molar-refractivity contribution in [3.63, 3.8) is 0 Å². The van der Waals surface area contributed by atoms with E-state index in [0.29, 0.717) is 6.04 Å². The Morgan fingerprint density at radius 2 is 2.00 bits per heavy atom. The lowest BCUT2D eigenvalue weighted by atomic mass is 10.1. The van der Waals surface area contributed by atoms with Crippen LogP contribution >= 0.6 is 11.3 Å². The number of nitrogens with one attached hydrogen (secondary N) is 1. The van der Waals surface area contributed by atoms with E-state index in [1.54, 1.807) is 0 Å². The zero-order chi connectivity index (χ0) is 11.4. The van der Waals surface area contributed by atoms with Crippen molar-refractivity contribution in [1.29, 1.82) is 0 Å². The zero-order valence-electron chi connectivity index (χ0n) is 10.4. The monoisotopic (exact) mass is 226 g/mol. The van der Waals surface area contributed by atoms with Gasteiger partial charge in [0, 0.05) is 10.9 Å². The van der Waals surface area contributed by atoms with Gasteiger partial charge in [0.25, 0.3) is 0 Å². The van der Waals surface area contributed by atoms with Crippen molar-refractivity contribution in [2.24, 2.45) is 5.92 Å². The van der Waals surface area contributed by atoms with Gasteiger partial charge in [-0.1, -0.05) is 13.8 Å². The first-order chi connectivity index (χ1) is 7.04. The molecule has 0 radical (unpaired) electrons. The third-order valence-electron chi connectivity index (χ3n) is 2.64. The predicted molar refractivity (Wildman–Crippen MR) is 67.5 cm³/mol. The van der Waals surface area contributed by atoms with Crippen LogP contribution in [0.2, 0.25) is 0 Å². The van der Waals surface area contributed by atoms with E-state index >= 15 is 0 Å². The molecule has 0 aliphatic heterocycles. The van der Waals surface area contributed by atoms with Gasteiger partial charge in [-0.25, -0.2) is 4.98 Å². The summed E-state index contributed by atoms with van der Waals surface area (Å²) in [6, 6.07) is 0.426. The van der Waals surface area contributed by atoms with Gasteiger partial charge < -0.3 is 5.32 Å². The molecule has 1 unspecified atom stereocenters. The molecule has 0 saturated carbocycles. The molecule has 1 heterocycles. The van der Waals surface area contributed by atoms with Crippen molar-refractivity contribution in [3.8, 4) is 0 Å². The summed E-state index contributed by atoms with van der Waals surface area (Å²) in [4.78, 5) is 6.02. The van der Waals surface area contributed by atoms with Gasteiger partial charge in [0.05, 0.1) is 10.7 Å². The predicted octanol–water partition coefficient (Wildman–Crippen LogP) is 3.32. The Hall–Kier alpha value is -0.410. The Kier molecular flexibility index (Phi) is 4.74. The van der Waals surface area contributed by atoms with Crippen LogP contribution in [0.1, 0.15) is 48.8 Å². The SMILES string of the molecule is CNC(C)c1sc(CCC(C)C)nc1C. The molecule has 0 aliphatic carbocycles. The van der Waals surface area contributed by atoms with Crippen LogP contribution in [0.25, 0.3) is 0 Å². The average molecular weight is 226 g/mol. The number of aromatic nitrogens is 1. The summed E-state index contributed by atoms with van der Waals surface area (Å²) < 4.78 is 0. The van der Waals surface area contributed by atoms with Gasteiger partial charge in [0.1, 0.15) is 0 Å². The Morgan fingerprint density at radius 1 is 1.33 bits per heavy atom. The fourth-order valence-electron chi connectivity index (χ4n) is 1.52. The van der Waals surface area contributed by atoms with Crippen LogP contribution in [0.15, 0.2) is 0 Å². The summed E-state index contributed by atoms with van der Waals surface area (Å²) in [5.41, 5.74) is 1.20. The quantitative estimate of drug-likeness (QED) is 0.833. The first kappa shape index (κ1) is 12.7. The third kappa shape index (κ3) is 3.58. The highest BCUT2D eigenvalue weighted by molar-refractivity contribution is 7.11. The summed E-state index contributed by atoms with van der Waals surface area (Å²) in [7, 11) is 2.00. The van der Waals surface area contributed by atoms with Crippen molar-refractivity contribution < 1.29 is 0 Å². The summed E-state index contributed by atoms with van der Waals surface area (Å²) in [6.45, 7) is 8.82. The molecule has 0 fully saturated rings. The second kappa shape index (κ2) is 5.61. The largest absolute Gasteiger partial charge is 0.312 e. The van der Waals surface area contributed by atoms with Gasteiger partial charge in [0.15, 0.2) is 0 Å². The van der Waals surface area contributed by atoms with Gasteiger partial charge in [0.2, 0.25) is 0 Å². The topological polar surface area (TPSA) is 24.9 Å². The number of hydrogen-bond donors (Lipinski definition) is 1. The van der Waals surface area contributed by atoms with Crippen LogP contribution in [0.3, 0.4) is 0 Å². The molecule has 0 saturated heterocycles. The molecule has 0 aromatic carbocycles. The van der Waals surface area contributed by atoms with Crippen molar-refractivity contribution in [1.82, 2.24) is 10.3 Å². The van der Waals surface area contributed by atoms with Crippen LogP contribution in [0.4, 0.5) is 0 Å². The minimum Gasteiger partial charge on any atom is -0.312 e. The van der Waals surface area contributed by atoms with E-state index in [0.717, 1.165) is 12.3 Å². The Morgan fingerprint density at radius 3 is 2.53 bits per heavy atom. The highest BCUT2D eigenvalue weighted by atomic mass is 32.1. The molecule has 0 bridgehead atoms. The van der Waals surface area contributed by atoms with Crippen molar-refractivity contribution in [2.75, 3.05) is 7.05 Å². The second-order valence-corrected chi connectivity index (χ2v) is 5.62. The lowest BCUT2D eigenvalue weighted by molar-refractivity contribution is 0.585. The molecular weight excluding hydrogens is 204 g/mol. The summed E-state index contributed by atoms with van der Waals surface area (Å²) in [5, 5.41) is 4.56. The molecule has 0 spiro atoms. The van der Waals surface area contributed by atoms with E-state index in [1.165, 1.54) is 22.0 Å². The summed E-state index contributed by atoms with van der Waals surface area (Å²) >= 11 is 1.86. The van der Waals surface area contributed by atoms with Gasteiger partial charge in [-0.3, -0.25) is 0 Å². The fraction of sp³-hybridized carbons (Fsp3) is 0.750. The standard InChI is InChI=1S/C12H22N2S/c1-8(2)6-7-11-14-10(4)12(15-11)9(3)13-5/h8-9,13H,6-7H2,1-5H3. The Balaban J connectivity index is 2.68. The molecule has 2 nitrogen and oxygen atoms in total. The van der Waals surface area contributed by atoms with Crippen molar-refractivity contribution in [2.45, 2.75) is 46.6 Å². The molecular formula is C12H22N2S. The van der Waals surface area contributed by atoms with Gasteiger partial charge in [-0.15, -0.1) is 11.3 Å². The third-order valence-corrected chi connectivity index (χ3v) is 4.04. The van der Waals surface area contributed by atoms with Crippen molar-refractivity contribution >= 4 is 11.3 Å². The van der Waals surface area contributed by atoms with Gasteiger partial charge in [-0.2, -0.15) is 0 Å². The first-order valence-electron chi connectivity index (χ1n) is 5.68. The molecule has 1 aromatic heterocycles. The molecule has 15 heavy (non-hydrogen) atoms. The Labute approximate surface area is 97.1 Å². The molecule has 0 aliphatic rings. The first-order valence-corrected chi connectivity index (χ1v) is 6.49. The molecule has 1 rings (SSSR count). The normalized spacial score (nSPS) is 13.5. The van der Waals surface area contributed by atoms with Gasteiger partial charge in [-0.05, 0) is 39.7 Å². The molecule has 1 atom stereocenters. The van der Waals surface area contributed by atoms with Crippen LogP contribution < -0.4 is 5.32 Å². The molecule has 86 valence electrons. The van der Waals surface area contributed by atoms with E-state index in [4.69, 9.17) is 0 Å². The maximum Gasteiger partial charge on any atom is 0.0931 e. The van der Waals surface area contributed by atoms with Crippen LogP contribution in [-0.2, 0) is 6.42 Å². The zero-order valence-corrected chi connectivity index (χ0v) is 11.2. The number of thiazole rings is 1. The van der Waals surface area contributed by atoms with E-state index in [9.17, 15) is 0 Å². The molecule has 1 N–H and O–H groups in total. The minimum absolute atomic E-state index is 0.426. The number of hydrogen-bond acceptors (Lipinski definition) is 3. The summed E-state index contributed by atoms with van der Waals surface area (Å²) in [5.74, 6) is 0.763. The summed E-state index contributed by atoms with van der Waals surface area (Å²) in [6.07, 6.45) is 2.36. The molecule has 3 heteroatoms. The van der Waals surface area contributed by atoms with E-state index < -0.39 is 0 Å². The number of aryl methyl sites for hydroxylation is 2. The molecule has 1 aromatic rings. The Bertz CT molecular complexity index is 305. The molecule has 0 amide bonds. The van der Waals surface area contributed by atoms with Crippen molar-refractivity contribution in [3.05, 3.63) is 15.6 Å². The lowest BCUT2D eigenvalue weighted by Gasteiger charge is -2.07. The highest BCUT2D eigenvalue weighted by Gasteiger charge is 2.12. The van der Waals surface area contributed by atoms with E-state index in [-0.39, 0.29) is 0 Å². The van der Waals surface area contributed by atoms with Crippen LogP contribution in [0.5, 0.6) is 0 Å². The van der Waals surface area contributed by atoms with E-state index in [1.807, 2.05) is 18.4 Å². The maximum absolute atomic E-state index is 4.63. The van der Waals surface area contributed by atoms with Gasteiger partial charge >= 0.3 is 0 Å². The highest BCUT2D eigenvalue weighted by Crippen LogP contribution is 2.25.